The Bertz CT molecular complexity index is 1020. The Morgan fingerprint density at radius 2 is 2.08 bits per heavy atom. The van der Waals surface area contributed by atoms with Gasteiger partial charge in [0.1, 0.15) is 17.7 Å². The van der Waals surface area contributed by atoms with Gasteiger partial charge in [-0.1, -0.05) is 23.7 Å². The molecule has 0 spiro atoms. The molecule has 0 amide bonds. The summed E-state index contributed by atoms with van der Waals surface area (Å²) in [7, 11) is 1.58. The van der Waals surface area contributed by atoms with Gasteiger partial charge in [0.2, 0.25) is 0 Å². The monoisotopic (exact) mass is 341 g/mol. The van der Waals surface area contributed by atoms with Crippen LogP contribution in [0.2, 0.25) is 5.02 Å². The van der Waals surface area contributed by atoms with E-state index in [0.717, 1.165) is 27.5 Å². The first-order chi connectivity index (χ1) is 11.6. The van der Waals surface area contributed by atoms with Gasteiger partial charge in [-0.25, -0.2) is 4.98 Å². The number of aromatic nitrogens is 3. The minimum Gasteiger partial charge on any atom is -0.496 e. The molecular formula is C18H16ClN3O2. The number of methoxy groups -OCH3 is 1. The van der Waals surface area contributed by atoms with Crippen molar-refractivity contribution in [1.82, 2.24) is 15.0 Å². The van der Waals surface area contributed by atoms with Gasteiger partial charge in [-0.2, -0.15) is 0 Å². The first-order valence-corrected chi connectivity index (χ1v) is 7.94. The summed E-state index contributed by atoms with van der Waals surface area (Å²) in [5, 5.41) is 12.3. The molecule has 0 bridgehead atoms. The van der Waals surface area contributed by atoms with Gasteiger partial charge in [0, 0.05) is 17.1 Å². The lowest BCUT2D eigenvalue weighted by Gasteiger charge is -2.16. The van der Waals surface area contributed by atoms with Gasteiger partial charge < -0.3 is 19.8 Å². The van der Waals surface area contributed by atoms with Crippen LogP contribution in [0.4, 0.5) is 0 Å². The van der Waals surface area contributed by atoms with Crippen LogP contribution in [0, 0.1) is 6.92 Å². The number of para-hydroxylation sites is 2. The number of benzene rings is 2. The van der Waals surface area contributed by atoms with E-state index in [2.05, 4.69) is 15.0 Å². The van der Waals surface area contributed by atoms with Gasteiger partial charge in [0.15, 0.2) is 0 Å². The maximum absolute atomic E-state index is 11.0. The molecule has 0 aliphatic rings. The Balaban J connectivity index is 1.97. The van der Waals surface area contributed by atoms with Crippen LogP contribution < -0.4 is 4.74 Å². The molecule has 0 fully saturated rings. The number of rotatable bonds is 3. The predicted octanol–water partition coefficient (Wildman–Crippen LogP) is 4.10. The second-order valence-electron chi connectivity index (χ2n) is 5.74. The lowest BCUT2D eigenvalue weighted by molar-refractivity contribution is 0.208. The lowest BCUT2D eigenvalue weighted by Crippen LogP contribution is -2.06. The smallest absolute Gasteiger partial charge is 0.141 e. The van der Waals surface area contributed by atoms with E-state index in [9.17, 15) is 5.11 Å². The summed E-state index contributed by atoms with van der Waals surface area (Å²) < 4.78 is 5.50. The number of nitrogens with zero attached hydrogens (tertiary/aromatic N) is 1. The normalized spacial score (nSPS) is 12.8. The summed E-state index contributed by atoms with van der Waals surface area (Å²) in [6.45, 7) is 1.97. The molecule has 2 aromatic heterocycles. The van der Waals surface area contributed by atoms with Crippen LogP contribution in [0.3, 0.4) is 0 Å². The quantitative estimate of drug-likeness (QED) is 0.525. The molecule has 4 aromatic rings. The summed E-state index contributed by atoms with van der Waals surface area (Å²) in [6, 6.07) is 9.53. The van der Waals surface area contributed by atoms with E-state index in [1.807, 2.05) is 37.3 Å². The number of aliphatic hydroxyl groups is 1. The third-order valence-corrected chi connectivity index (χ3v) is 4.57. The topological polar surface area (TPSA) is 73.9 Å². The number of ether oxygens (including phenoxy) is 1. The fraction of sp³-hybridized carbons (Fsp3) is 0.167. The standard InChI is InChI=1S/C18H16ClN3O2/c1-9-7-13(24-2)15(14-10(19)8-20-16(9)14)17(23)18-21-11-5-3-4-6-12(11)22-18/h3-8,17,20,23H,1-2H3,(H,21,22). The maximum atomic E-state index is 11.0. The van der Waals surface area contributed by atoms with Gasteiger partial charge in [-0.05, 0) is 30.7 Å². The molecule has 3 N–H and O–H groups in total. The van der Waals surface area contributed by atoms with Crippen molar-refractivity contribution in [2.75, 3.05) is 7.11 Å². The third-order valence-electron chi connectivity index (χ3n) is 4.27. The van der Waals surface area contributed by atoms with Crippen LogP contribution in [0.5, 0.6) is 5.75 Å². The number of aromatic amines is 2. The van der Waals surface area contributed by atoms with Crippen molar-refractivity contribution in [2.24, 2.45) is 0 Å². The zero-order chi connectivity index (χ0) is 16.8. The van der Waals surface area contributed by atoms with Crippen molar-refractivity contribution in [1.29, 1.82) is 0 Å². The Morgan fingerprint density at radius 3 is 2.83 bits per heavy atom. The van der Waals surface area contributed by atoms with Crippen LogP contribution in [-0.4, -0.2) is 27.2 Å². The van der Waals surface area contributed by atoms with E-state index in [0.29, 0.717) is 22.2 Å². The molecule has 0 aliphatic heterocycles. The van der Waals surface area contributed by atoms with E-state index in [1.54, 1.807) is 13.3 Å². The molecule has 24 heavy (non-hydrogen) atoms. The highest BCUT2D eigenvalue weighted by Crippen LogP contribution is 2.40. The zero-order valence-electron chi connectivity index (χ0n) is 13.2. The first-order valence-electron chi connectivity index (χ1n) is 7.57. The first kappa shape index (κ1) is 15.1. The number of hydrogen-bond donors (Lipinski definition) is 3. The molecule has 0 saturated heterocycles. The summed E-state index contributed by atoms with van der Waals surface area (Å²) in [6.07, 6.45) is 0.733. The largest absolute Gasteiger partial charge is 0.496 e. The van der Waals surface area contributed by atoms with Crippen LogP contribution in [0.15, 0.2) is 36.5 Å². The van der Waals surface area contributed by atoms with Gasteiger partial charge in [-0.3, -0.25) is 0 Å². The van der Waals surface area contributed by atoms with E-state index < -0.39 is 6.10 Å². The van der Waals surface area contributed by atoms with Crippen LogP contribution in [0.1, 0.15) is 23.1 Å². The van der Waals surface area contributed by atoms with Gasteiger partial charge in [0.05, 0.1) is 28.7 Å². The number of nitrogens with one attached hydrogen (secondary N) is 2. The summed E-state index contributed by atoms with van der Waals surface area (Å²) in [5.74, 6) is 1.03. The fourth-order valence-corrected chi connectivity index (χ4v) is 3.37. The SMILES string of the molecule is COc1cc(C)c2[nH]cc(Cl)c2c1C(O)c1nc2ccccc2[nH]1. The van der Waals surface area contributed by atoms with E-state index >= 15 is 0 Å². The summed E-state index contributed by atoms with van der Waals surface area (Å²) >= 11 is 6.36. The Morgan fingerprint density at radius 1 is 1.29 bits per heavy atom. The molecule has 4 rings (SSSR count). The molecule has 2 aromatic carbocycles. The van der Waals surface area contributed by atoms with Gasteiger partial charge in [-0.15, -0.1) is 0 Å². The van der Waals surface area contributed by atoms with Crippen LogP contribution in [-0.2, 0) is 0 Å². The second kappa shape index (κ2) is 5.54. The van der Waals surface area contributed by atoms with Crippen LogP contribution >= 0.6 is 11.6 Å². The summed E-state index contributed by atoms with van der Waals surface area (Å²) in [5.41, 5.74) is 4.15. The van der Waals surface area contributed by atoms with E-state index in [4.69, 9.17) is 16.3 Å². The zero-order valence-corrected chi connectivity index (χ0v) is 14.0. The van der Waals surface area contributed by atoms with Crippen molar-refractivity contribution < 1.29 is 9.84 Å². The highest BCUT2D eigenvalue weighted by molar-refractivity contribution is 6.36. The van der Waals surface area contributed by atoms with Gasteiger partial charge >= 0.3 is 0 Å². The molecule has 6 heteroatoms. The third kappa shape index (κ3) is 2.17. The molecule has 1 atom stereocenters. The minimum atomic E-state index is -0.983. The molecular weight excluding hydrogens is 326 g/mol. The van der Waals surface area contributed by atoms with Crippen molar-refractivity contribution in [2.45, 2.75) is 13.0 Å². The number of aliphatic hydroxyl groups excluding tert-OH is 1. The van der Waals surface area contributed by atoms with E-state index in [-0.39, 0.29) is 0 Å². The Hall–Kier alpha value is -2.50. The molecule has 2 heterocycles. The Labute approximate surface area is 143 Å². The average molecular weight is 342 g/mol. The van der Waals surface area contributed by atoms with Crippen LogP contribution in [0.25, 0.3) is 21.9 Å². The molecule has 0 aliphatic carbocycles. The van der Waals surface area contributed by atoms with E-state index in [1.165, 1.54) is 0 Å². The highest BCUT2D eigenvalue weighted by Gasteiger charge is 2.25. The Kier molecular flexibility index (Phi) is 3.48. The number of hydrogen-bond acceptors (Lipinski definition) is 3. The number of aryl methyl sites for hydroxylation is 1. The second-order valence-corrected chi connectivity index (χ2v) is 6.14. The van der Waals surface area contributed by atoms with Gasteiger partial charge in [0.25, 0.3) is 0 Å². The number of halogens is 1. The van der Waals surface area contributed by atoms with Crippen molar-refractivity contribution >= 4 is 33.5 Å². The minimum absolute atomic E-state index is 0.455. The molecule has 0 radical (unpaired) electrons. The number of imidazole rings is 1. The number of fused-ring (bicyclic) bond motifs is 2. The lowest BCUT2D eigenvalue weighted by atomic mass is 10.00. The molecule has 122 valence electrons. The highest BCUT2D eigenvalue weighted by atomic mass is 35.5. The maximum Gasteiger partial charge on any atom is 0.141 e. The van der Waals surface area contributed by atoms with Crippen molar-refractivity contribution in [3.05, 3.63) is 58.5 Å². The summed E-state index contributed by atoms with van der Waals surface area (Å²) in [4.78, 5) is 10.8. The molecule has 5 nitrogen and oxygen atoms in total. The number of H-pyrrole nitrogens is 2. The van der Waals surface area contributed by atoms with Crippen molar-refractivity contribution in [3.8, 4) is 5.75 Å². The van der Waals surface area contributed by atoms with Crippen molar-refractivity contribution in [3.63, 3.8) is 0 Å². The molecule has 0 saturated carbocycles. The molecule has 1 unspecified atom stereocenters. The average Bonchev–Trinajstić information content (AvgIpc) is 3.18. The predicted molar refractivity (Wildman–Crippen MR) is 94.8 cm³/mol. The fourth-order valence-electron chi connectivity index (χ4n) is 3.12.